The molecule has 0 fully saturated rings. The van der Waals surface area contributed by atoms with Gasteiger partial charge in [0.2, 0.25) is 0 Å². The second kappa shape index (κ2) is 10.9. The maximum absolute atomic E-state index is 11.7. The lowest BCUT2D eigenvalue weighted by atomic mass is 10.2. The molecule has 128 valence electrons. The van der Waals surface area contributed by atoms with E-state index in [2.05, 4.69) is 5.32 Å². The lowest BCUT2D eigenvalue weighted by Crippen LogP contribution is -2.43. The van der Waals surface area contributed by atoms with Gasteiger partial charge in [0, 0.05) is 25.7 Å². The Bertz CT molecular complexity index is 480. The van der Waals surface area contributed by atoms with E-state index >= 15 is 0 Å². The van der Waals surface area contributed by atoms with E-state index in [1.54, 1.807) is 0 Å². The van der Waals surface area contributed by atoms with Gasteiger partial charge < -0.3 is 24.6 Å². The zero-order valence-electron chi connectivity index (χ0n) is 13.1. The number of carbonyl (C=O) groups is 2. The molecule has 1 atom stereocenters. The van der Waals surface area contributed by atoms with Crippen LogP contribution in [0.4, 0.5) is 4.79 Å². The molecular weight excluding hydrogens is 322 g/mol. The van der Waals surface area contributed by atoms with Crippen LogP contribution in [-0.4, -0.2) is 55.2 Å². The predicted octanol–water partition coefficient (Wildman–Crippen LogP) is 1.72. The Hall–Kier alpha value is -1.77. The molecule has 0 aliphatic carbocycles. The number of carboxylic acid groups (broad SMARTS) is 1. The van der Waals surface area contributed by atoms with Crippen molar-refractivity contribution in [3.8, 4) is 0 Å². The number of thioether (sulfide) groups is 1. The molecule has 1 aromatic rings. The summed E-state index contributed by atoms with van der Waals surface area (Å²) in [5.74, 6) is -0.489. The second-order valence-corrected chi connectivity index (χ2v) is 5.61. The van der Waals surface area contributed by atoms with Crippen LogP contribution in [0.2, 0.25) is 0 Å². The SMILES string of the molecule is COC(CSCC(NC(=O)OCc1ccccc1)C(=O)O)OC. The molecule has 1 rings (SSSR count). The maximum atomic E-state index is 11.7. The molecule has 0 saturated carbocycles. The summed E-state index contributed by atoms with van der Waals surface area (Å²) in [6, 6.07) is 8.10. The quantitative estimate of drug-likeness (QED) is 0.625. The monoisotopic (exact) mass is 343 g/mol. The van der Waals surface area contributed by atoms with Crippen molar-refractivity contribution >= 4 is 23.8 Å². The summed E-state index contributed by atoms with van der Waals surface area (Å²) in [6.45, 7) is 0.0849. The highest BCUT2D eigenvalue weighted by molar-refractivity contribution is 7.99. The summed E-state index contributed by atoms with van der Waals surface area (Å²) < 4.78 is 15.0. The van der Waals surface area contributed by atoms with Crippen LogP contribution in [0.3, 0.4) is 0 Å². The highest BCUT2D eigenvalue weighted by Crippen LogP contribution is 2.09. The Morgan fingerprint density at radius 3 is 2.39 bits per heavy atom. The van der Waals surface area contributed by atoms with Gasteiger partial charge in [-0.25, -0.2) is 9.59 Å². The fourth-order valence-corrected chi connectivity index (χ4v) is 2.66. The molecular formula is C15H21NO6S. The number of hydrogen-bond donors (Lipinski definition) is 2. The molecule has 7 nitrogen and oxygen atoms in total. The summed E-state index contributed by atoms with van der Waals surface area (Å²) >= 11 is 1.30. The van der Waals surface area contributed by atoms with Crippen molar-refractivity contribution in [2.24, 2.45) is 0 Å². The Balaban J connectivity index is 2.36. The maximum Gasteiger partial charge on any atom is 0.408 e. The molecule has 0 saturated heterocycles. The van der Waals surface area contributed by atoms with E-state index in [9.17, 15) is 9.59 Å². The zero-order chi connectivity index (χ0) is 17.1. The first-order valence-corrected chi connectivity index (χ1v) is 8.05. The van der Waals surface area contributed by atoms with E-state index in [0.29, 0.717) is 5.75 Å². The highest BCUT2D eigenvalue weighted by Gasteiger charge is 2.21. The molecule has 1 amide bonds. The first-order valence-electron chi connectivity index (χ1n) is 6.90. The fraction of sp³-hybridized carbons (Fsp3) is 0.467. The molecule has 0 radical (unpaired) electrons. The lowest BCUT2D eigenvalue weighted by Gasteiger charge is -2.16. The van der Waals surface area contributed by atoms with Crippen molar-refractivity contribution in [2.45, 2.75) is 18.9 Å². The number of rotatable bonds is 10. The van der Waals surface area contributed by atoms with Gasteiger partial charge >= 0.3 is 12.1 Å². The van der Waals surface area contributed by atoms with Gasteiger partial charge in [0.25, 0.3) is 0 Å². The molecule has 0 spiro atoms. The van der Waals surface area contributed by atoms with Gasteiger partial charge in [-0.2, -0.15) is 11.8 Å². The molecule has 1 aromatic carbocycles. The Morgan fingerprint density at radius 1 is 1.17 bits per heavy atom. The van der Waals surface area contributed by atoms with Gasteiger partial charge in [0.05, 0.1) is 0 Å². The smallest absolute Gasteiger partial charge is 0.408 e. The number of amides is 1. The van der Waals surface area contributed by atoms with Gasteiger partial charge in [-0.1, -0.05) is 30.3 Å². The topological polar surface area (TPSA) is 94.1 Å². The molecule has 2 N–H and O–H groups in total. The predicted molar refractivity (Wildman–Crippen MR) is 86.3 cm³/mol. The van der Waals surface area contributed by atoms with E-state index in [1.807, 2.05) is 30.3 Å². The average Bonchev–Trinajstić information content (AvgIpc) is 2.56. The third-order valence-electron chi connectivity index (χ3n) is 2.87. The highest BCUT2D eigenvalue weighted by atomic mass is 32.2. The molecule has 1 unspecified atom stereocenters. The Kier molecular flexibility index (Phi) is 9.11. The van der Waals surface area contributed by atoms with Crippen LogP contribution >= 0.6 is 11.8 Å². The van der Waals surface area contributed by atoms with Gasteiger partial charge in [-0.05, 0) is 5.56 Å². The van der Waals surface area contributed by atoms with Gasteiger partial charge in [-0.3, -0.25) is 0 Å². The summed E-state index contributed by atoms with van der Waals surface area (Å²) in [7, 11) is 3.01. The van der Waals surface area contributed by atoms with Crippen molar-refractivity contribution in [3.63, 3.8) is 0 Å². The summed E-state index contributed by atoms with van der Waals surface area (Å²) in [5, 5.41) is 11.5. The lowest BCUT2D eigenvalue weighted by molar-refractivity contribution is -0.138. The molecule has 0 bridgehead atoms. The summed E-state index contributed by atoms with van der Waals surface area (Å²) in [5.41, 5.74) is 0.826. The average molecular weight is 343 g/mol. The van der Waals surface area contributed by atoms with Crippen molar-refractivity contribution in [2.75, 3.05) is 25.7 Å². The van der Waals surface area contributed by atoms with Crippen molar-refractivity contribution < 1.29 is 28.9 Å². The van der Waals surface area contributed by atoms with Gasteiger partial charge in [0.15, 0.2) is 6.29 Å². The fourth-order valence-electron chi connectivity index (χ4n) is 1.60. The number of benzene rings is 1. The minimum absolute atomic E-state index is 0.0849. The molecule has 0 aromatic heterocycles. The van der Waals surface area contributed by atoms with Crippen molar-refractivity contribution in [3.05, 3.63) is 35.9 Å². The Morgan fingerprint density at radius 2 is 1.83 bits per heavy atom. The van der Waals surface area contributed by atoms with Crippen LogP contribution in [0.15, 0.2) is 30.3 Å². The molecule has 0 aliphatic rings. The van der Waals surface area contributed by atoms with E-state index < -0.39 is 24.4 Å². The van der Waals surface area contributed by atoms with Crippen LogP contribution in [0, 0.1) is 0 Å². The van der Waals surface area contributed by atoms with Crippen LogP contribution in [-0.2, 0) is 25.6 Å². The zero-order valence-corrected chi connectivity index (χ0v) is 13.9. The molecule has 8 heteroatoms. The number of alkyl carbamates (subject to hydrolysis) is 1. The minimum Gasteiger partial charge on any atom is -0.480 e. The van der Waals surface area contributed by atoms with E-state index in [0.717, 1.165) is 5.56 Å². The van der Waals surface area contributed by atoms with E-state index in [1.165, 1.54) is 26.0 Å². The van der Waals surface area contributed by atoms with Crippen molar-refractivity contribution in [1.29, 1.82) is 0 Å². The number of ether oxygens (including phenoxy) is 3. The van der Waals surface area contributed by atoms with E-state index in [4.69, 9.17) is 19.3 Å². The summed E-state index contributed by atoms with van der Waals surface area (Å²) in [4.78, 5) is 22.9. The third kappa shape index (κ3) is 7.87. The number of nitrogens with one attached hydrogen (secondary N) is 1. The largest absolute Gasteiger partial charge is 0.480 e. The first-order chi connectivity index (χ1) is 11.1. The van der Waals surface area contributed by atoms with Gasteiger partial charge in [0.1, 0.15) is 12.6 Å². The van der Waals surface area contributed by atoms with Crippen molar-refractivity contribution in [1.82, 2.24) is 5.32 Å². The molecule has 0 aliphatic heterocycles. The molecule has 23 heavy (non-hydrogen) atoms. The third-order valence-corrected chi connectivity index (χ3v) is 3.94. The normalized spacial score (nSPS) is 12.0. The van der Waals surface area contributed by atoms with Crippen LogP contribution in [0.1, 0.15) is 5.56 Å². The second-order valence-electron chi connectivity index (χ2n) is 4.54. The number of carboxylic acids is 1. The standard InChI is InChI=1S/C15H21NO6S/c1-20-13(21-2)10-23-9-12(14(17)18)16-15(19)22-8-11-6-4-3-5-7-11/h3-7,12-13H,8-10H2,1-2H3,(H,16,19)(H,17,18). The number of carbonyl (C=O) groups excluding carboxylic acids is 1. The number of methoxy groups -OCH3 is 2. The number of hydrogen-bond acceptors (Lipinski definition) is 6. The first kappa shape index (κ1) is 19.3. The minimum atomic E-state index is -1.12. The van der Waals surface area contributed by atoms with Crippen LogP contribution in [0.25, 0.3) is 0 Å². The van der Waals surface area contributed by atoms with Crippen LogP contribution < -0.4 is 5.32 Å². The van der Waals surface area contributed by atoms with Crippen LogP contribution in [0.5, 0.6) is 0 Å². The van der Waals surface area contributed by atoms with Gasteiger partial charge in [-0.15, -0.1) is 0 Å². The molecule has 0 heterocycles. The van der Waals surface area contributed by atoms with E-state index in [-0.39, 0.29) is 12.4 Å². The summed E-state index contributed by atoms with van der Waals surface area (Å²) in [6.07, 6.45) is -1.18. The Labute approximate surface area is 139 Å². The number of aliphatic carboxylic acids is 1.